The molecule has 10 nitrogen and oxygen atoms in total. The lowest BCUT2D eigenvalue weighted by molar-refractivity contribution is -0.175. The number of amides is 1. The van der Waals surface area contributed by atoms with Gasteiger partial charge in [-0.2, -0.15) is 0 Å². The predicted molar refractivity (Wildman–Crippen MR) is 127 cm³/mol. The summed E-state index contributed by atoms with van der Waals surface area (Å²) in [6.07, 6.45) is 5.38. The van der Waals surface area contributed by atoms with Crippen LogP contribution in [0, 0.1) is 0 Å². The highest BCUT2D eigenvalue weighted by atomic mass is 16.6. The van der Waals surface area contributed by atoms with Crippen molar-refractivity contribution in [2.45, 2.75) is 75.4 Å². The molecule has 2 fully saturated rings. The van der Waals surface area contributed by atoms with Crippen molar-refractivity contribution >= 4 is 17.8 Å². The Bertz CT molecular complexity index is 999. The molecule has 1 amide bonds. The van der Waals surface area contributed by atoms with E-state index in [0.29, 0.717) is 23.3 Å². The molecule has 4 N–H and O–H groups in total. The number of benzene rings is 1. The molecule has 0 spiro atoms. The minimum atomic E-state index is -1.25. The number of H-pyrrole nitrogens is 1. The second kappa shape index (κ2) is 11.0. The lowest BCUT2D eigenvalue weighted by Gasteiger charge is -2.36. The maximum Gasteiger partial charge on any atom is 0.352 e. The normalized spacial score (nSPS) is 24.3. The van der Waals surface area contributed by atoms with Crippen LogP contribution in [0.4, 0.5) is 0 Å². The van der Waals surface area contributed by atoms with Gasteiger partial charge in [-0.05, 0) is 39.7 Å². The Morgan fingerprint density at radius 1 is 1.17 bits per heavy atom. The molecule has 4 rings (SSSR count). The highest BCUT2D eigenvalue weighted by Crippen LogP contribution is 2.36. The Labute approximate surface area is 204 Å². The quantitative estimate of drug-likeness (QED) is 0.453. The van der Waals surface area contributed by atoms with Gasteiger partial charge in [-0.25, -0.2) is 14.6 Å². The molecule has 2 aromatic rings. The second-order valence-electron chi connectivity index (χ2n) is 9.44. The first-order chi connectivity index (χ1) is 16.8. The third-order valence-corrected chi connectivity index (χ3v) is 6.88. The van der Waals surface area contributed by atoms with Crippen LogP contribution >= 0.6 is 0 Å². The van der Waals surface area contributed by atoms with E-state index in [1.807, 2.05) is 6.07 Å². The topological polar surface area (TPSA) is 140 Å². The number of fused-ring (bicyclic) bond motifs is 2. The monoisotopic (exact) mass is 483 g/mol. The van der Waals surface area contributed by atoms with E-state index in [-0.39, 0.29) is 12.5 Å². The van der Waals surface area contributed by atoms with Crippen LogP contribution in [-0.4, -0.2) is 70.0 Å². The fourth-order valence-corrected chi connectivity index (χ4v) is 4.87. The molecule has 2 bridgehead atoms. The van der Waals surface area contributed by atoms with E-state index in [4.69, 9.17) is 15.2 Å². The van der Waals surface area contributed by atoms with E-state index < -0.39 is 36.0 Å². The highest BCUT2D eigenvalue weighted by molar-refractivity contribution is 5.88. The van der Waals surface area contributed by atoms with Gasteiger partial charge in [0.1, 0.15) is 12.1 Å². The first kappa shape index (κ1) is 24.9. The number of carbonyl (C=O) groups is 3. The van der Waals surface area contributed by atoms with Crippen molar-refractivity contribution in [1.82, 2.24) is 20.2 Å². The van der Waals surface area contributed by atoms with Gasteiger partial charge in [0.25, 0.3) is 0 Å². The largest absolute Gasteiger partial charge is 0.459 e. The number of ether oxygens (including phenoxy) is 2. The van der Waals surface area contributed by atoms with Gasteiger partial charge in [0.15, 0.2) is 0 Å². The zero-order valence-corrected chi connectivity index (χ0v) is 20.1. The number of aromatic amines is 1. The van der Waals surface area contributed by atoms with Crippen molar-refractivity contribution < 1.29 is 23.9 Å². The van der Waals surface area contributed by atoms with Crippen LogP contribution in [0.5, 0.6) is 0 Å². The average molecular weight is 484 g/mol. The van der Waals surface area contributed by atoms with Gasteiger partial charge in [0.2, 0.25) is 12.0 Å². The summed E-state index contributed by atoms with van der Waals surface area (Å²) < 4.78 is 11.6. The number of hydrogen-bond acceptors (Lipinski definition) is 8. The standard InChI is InChI=1S/C25H33N5O5/c1-15(26)23(31)29-21(10-17-13-27-14-28-17)24(32)35-22(16-6-4-3-5-7-16)25(33)34-20-11-18-8-9-19(12-20)30(18)2/h3-7,13-15,18-22H,8-12,26H2,1-2H3,(H,27,28)(H,29,31)/t15?,18-,19+,20?,21?,22?. The zero-order valence-electron chi connectivity index (χ0n) is 20.1. The molecular formula is C25H33N5O5. The summed E-state index contributed by atoms with van der Waals surface area (Å²) in [6, 6.07) is 7.68. The molecule has 0 aliphatic carbocycles. The molecule has 2 aliphatic heterocycles. The van der Waals surface area contributed by atoms with Gasteiger partial charge >= 0.3 is 11.9 Å². The summed E-state index contributed by atoms with van der Waals surface area (Å²) in [5.74, 6) is -1.88. The van der Waals surface area contributed by atoms with Crippen LogP contribution in [-0.2, 0) is 30.3 Å². The third-order valence-electron chi connectivity index (χ3n) is 6.88. The predicted octanol–water partition coefficient (Wildman–Crippen LogP) is 1.24. The number of piperidine rings is 1. The number of imidazole rings is 1. The summed E-state index contributed by atoms with van der Waals surface area (Å²) in [7, 11) is 2.12. The van der Waals surface area contributed by atoms with E-state index in [2.05, 4.69) is 27.2 Å². The van der Waals surface area contributed by atoms with E-state index in [1.54, 1.807) is 30.5 Å². The van der Waals surface area contributed by atoms with Gasteiger partial charge in [-0.1, -0.05) is 30.3 Å². The summed E-state index contributed by atoms with van der Waals surface area (Å²) in [4.78, 5) is 48.0. The SMILES string of the molecule is CC(N)C(=O)NC(Cc1cnc[nH]1)C(=O)OC(C(=O)OC1C[C@H]2CC[C@@H](C1)N2C)c1ccccc1. The van der Waals surface area contributed by atoms with Crippen LogP contribution in [0.2, 0.25) is 0 Å². The maximum absolute atomic E-state index is 13.3. The molecule has 4 unspecified atom stereocenters. The minimum Gasteiger partial charge on any atom is -0.459 e. The molecule has 2 saturated heterocycles. The summed E-state index contributed by atoms with van der Waals surface area (Å²) in [5.41, 5.74) is 6.80. The zero-order chi connectivity index (χ0) is 24.9. The van der Waals surface area contributed by atoms with Gasteiger partial charge in [-0.15, -0.1) is 0 Å². The fourth-order valence-electron chi connectivity index (χ4n) is 4.87. The molecule has 0 radical (unpaired) electrons. The molecule has 35 heavy (non-hydrogen) atoms. The summed E-state index contributed by atoms with van der Waals surface area (Å²) >= 11 is 0. The number of esters is 2. The number of nitrogens with two attached hydrogens (primary N) is 1. The second-order valence-corrected chi connectivity index (χ2v) is 9.44. The van der Waals surface area contributed by atoms with Crippen LogP contribution in [0.25, 0.3) is 0 Å². The molecule has 1 aromatic carbocycles. The molecule has 188 valence electrons. The lowest BCUT2D eigenvalue weighted by atomic mass is 10.0. The van der Waals surface area contributed by atoms with Gasteiger partial charge in [-0.3, -0.25) is 4.79 Å². The molecule has 1 aromatic heterocycles. The molecule has 2 aliphatic rings. The number of nitrogens with one attached hydrogen (secondary N) is 2. The molecule has 0 saturated carbocycles. The number of nitrogens with zero attached hydrogens (tertiary/aromatic N) is 2. The first-order valence-corrected chi connectivity index (χ1v) is 12.0. The third kappa shape index (κ3) is 6.07. The van der Waals surface area contributed by atoms with Gasteiger partial charge < -0.3 is 30.4 Å². The summed E-state index contributed by atoms with van der Waals surface area (Å²) in [6.45, 7) is 1.52. The van der Waals surface area contributed by atoms with Crippen LogP contribution < -0.4 is 11.1 Å². The smallest absolute Gasteiger partial charge is 0.352 e. The van der Waals surface area contributed by atoms with E-state index in [1.165, 1.54) is 13.3 Å². The maximum atomic E-state index is 13.3. The lowest BCUT2D eigenvalue weighted by Crippen LogP contribution is -2.49. The summed E-state index contributed by atoms with van der Waals surface area (Å²) in [5, 5.41) is 2.61. The van der Waals surface area contributed by atoms with Crippen molar-refractivity contribution in [3.63, 3.8) is 0 Å². The van der Waals surface area contributed by atoms with Crippen molar-refractivity contribution in [3.8, 4) is 0 Å². The molecule has 10 heteroatoms. The Morgan fingerprint density at radius 2 is 1.86 bits per heavy atom. The average Bonchev–Trinajstić information content (AvgIpc) is 3.41. The van der Waals surface area contributed by atoms with Crippen molar-refractivity contribution in [2.75, 3.05) is 7.05 Å². The highest BCUT2D eigenvalue weighted by Gasteiger charge is 2.41. The minimum absolute atomic E-state index is 0.103. The fraction of sp³-hybridized carbons (Fsp3) is 0.520. The Morgan fingerprint density at radius 3 is 2.46 bits per heavy atom. The number of carbonyl (C=O) groups excluding carboxylic acids is 3. The Balaban J connectivity index is 1.50. The molecule has 6 atom stereocenters. The van der Waals surface area contributed by atoms with E-state index in [9.17, 15) is 14.4 Å². The number of aromatic nitrogens is 2. The van der Waals surface area contributed by atoms with Crippen LogP contribution in [0.15, 0.2) is 42.9 Å². The van der Waals surface area contributed by atoms with Crippen LogP contribution in [0.3, 0.4) is 0 Å². The van der Waals surface area contributed by atoms with Gasteiger partial charge in [0.05, 0.1) is 12.4 Å². The van der Waals surface area contributed by atoms with E-state index >= 15 is 0 Å². The number of rotatable bonds is 9. The number of hydrogen-bond donors (Lipinski definition) is 3. The molecule has 3 heterocycles. The Hall–Kier alpha value is -3.24. The first-order valence-electron chi connectivity index (χ1n) is 12.0. The van der Waals surface area contributed by atoms with E-state index in [0.717, 1.165) is 25.7 Å². The van der Waals surface area contributed by atoms with Crippen molar-refractivity contribution in [3.05, 3.63) is 54.1 Å². The van der Waals surface area contributed by atoms with Gasteiger partial charge in [0, 0.05) is 36.0 Å². The van der Waals surface area contributed by atoms with Crippen molar-refractivity contribution in [1.29, 1.82) is 0 Å². The van der Waals surface area contributed by atoms with Crippen LogP contribution in [0.1, 0.15) is 50.0 Å². The Kier molecular flexibility index (Phi) is 7.82. The molecular weight excluding hydrogens is 450 g/mol. The van der Waals surface area contributed by atoms with Crippen molar-refractivity contribution in [2.24, 2.45) is 5.73 Å².